The Balaban J connectivity index is 1.67. The van der Waals surface area contributed by atoms with Gasteiger partial charge in [0.25, 0.3) is 5.91 Å². The van der Waals surface area contributed by atoms with E-state index in [-0.39, 0.29) is 23.6 Å². The van der Waals surface area contributed by atoms with Gasteiger partial charge in [-0.25, -0.2) is 9.48 Å². The Morgan fingerprint density at radius 2 is 2.00 bits per heavy atom. The molecule has 0 bridgehead atoms. The molecule has 1 aromatic carbocycles. The molecule has 142 valence electrons. The van der Waals surface area contributed by atoms with Crippen molar-refractivity contribution >= 4 is 23.5 Å². The summed E-state index contributed by atoms with van der Waals surface area (Å²) >= 11 is 6.07. The van der Waals surface area contributed by atoms with Crippen molar-refractivity contribution in [2.24, 2.45) is 5.92 Å². The Morgan fingerprint density at radius 1 is 1.22 bits per heavy atom. The number of rotatable bonds is 3. The highest BCUT2D eigenvalue weighted by Crippen LogP contribution is 2.40. The lowest BCUT2D eigenvalue weighted by atomic mass is 9.84. The first-order chi connectivity index (χ1) is 13.0. The molecular formula is C20H22ClN3O3. The van der Waals surface area contributed by atoms with Gasteiger partial charge in [0.05, 0.1) is 5.69 Å². The SMILES string of the molecule is Cc1cc(C(=O)N2C(C(=O)O)CC3CCCCC32)nn1-c1cccc(Cl)c1. The maximum Gasteiger partial charge on any atom is 0.326 e. The number of hydrogen-bond acceptors (Lipinski definition) is 3. The molecular weight excluding hydrogens is 366 g/mol. The van der Waals surface area contributed by atoms with E-state index in [0.717, 1.165) is 37.1 Å². The molecule has 3 atom stereocenters. The zero-order valence-electron chi connectivity index (χ0n) is 15.1. The third-order valence-corrected chi connectivity index (χ3v) is 6.00. The minimum Gasteiger partial charge on any atom is -0.480 e. The van der Waals surface area contributed by atoms with Crippen LogP contribution in [0, 0.1) is 12.8 Å². The van der Waals surface area contributed by atoms with Crippen LogP contribution in [0.4, 0.5) is 0 Å². The number of carbonyl (C=O) groups is 2. The Kier molecular flexibility index (Phi) is 4.68. The number of halogens is 1. The summed E-state index contributed by atoms with van der Waals surface area (Å²) in [5.74, 6) is -0.940. The number of aliphatic carboxylic acids is 1. The van der Waals surface area contributed by atoms with E-state index in [1.165, 1.54) is 0 Å². The number of carboxylic acid groups (broad SMARTS) is 1. The average molecular weight is 388 g/mol. The molecule has 3 unspecified atom stereocenters. The number of benzene rings is 1. The van der Waals surface area contributed by atoms with Crippen molar-refractivity contribution in [3.05, 3.63) is 46.7 Å². The molecule has 1 saturated heterocycles. The topological polar surface area (TPSA) is 75.4 Å². The predicted octanol–water partition coefficient (Wildman–Crippen LogP) is 3.69. The molecule has 6 nitrogen and oxygen atoms in total. The average Bonchev–Trinajstić information content (AvgIpc) is 3.22. The molecule has 1 saturated carbocycles. The second-order valence-electron chi connectivity index (χ2n) is 7.48. The smallest absolute Gasteiger partial charge is 0.326 e. The number of carboxylic acids is 1. The summed E-state index contributed by atoms with van der Waals surface area (Å²) in [6.07, 6.45) is 4.55. The van der Waals surface area contributed by atoms with E-state index in [4.69, 9.17) is 11.6 Å². The number of hydrogen-bond donors (Lipinski definition) is 1. The molecule has 27 heavy (non-hydrogen) atoms. The molecule has 1 aromatic heterocycles. The lowest BCUT2D eigenvalue weighted by Crippen LogP contribution is -2.46. The van der Waals surface area contributed by atoms with Gasteiger partial charge in [-0.15, -0.1) is 0 Å². The van der Waals surface area contributed by atoms with Crippen molar-refractivity contribution < 1.29 is 14.7 Å². The van der Waals surface area contributed by atoms with Crippen molar-refractivity contribution in [2.45, 2.75) is 51.1 Å². The highest BCUT2D eigenvalue weighted by molar-refractivity contribution is 6.30. The summed E-state index contributed by atoms with van der Waals surface area (Å²) in [4.78, 5) is 26.6. The molecule has 1 aliphatic carbocycles. The van der Waals surface area contributed by atoms with Crippen molar-refractivity contribution in [3.63, 3.8) is 0 Å². The summed E-state index contributed by atoms with van der Waals surface area (Å²) in [5, 5.41) is 14.7. The highest BCUT2D eigenvalue weighted by atomic mass is 35.5. The first-order valence-corrected chi connectivity index (χ1v) is 9.71. The fourth-order valence-corrected chi connectivity index (χ4v) is 4.74. The Hall–Kier alpha value is -2.34. The van der Waals surface area contributed by atoms with Crippen LogP contribution in [0.5, 0.6) is 0 Å². The molecule has 1 aliphatic heterocycles. The highest BCUT2D eigenvalue weighted by Gasteiger charge is 2.48. The van der Waals surface area contributed by atoms with Crippen molar-refractivity contribution in [1.82, 2.24) is 14.7 Å². The molecule has 2 aromatic rings. The summed E-state index contributed by atoms with van der Waals surface area (Å²) in [5.41, 5.74) is 1.85. The number of likely N-dealkylation sites (tertiary alicyclic amines) is 1. The van der Waals surface area contributed by atoms with E-state index in [1.807, 2.05) is 19.1 Å². The lowest BCUT2D eigenvalue weighted by Gasteiger charge is -2.32. The molecule has 2 fully saturated rings. The second kappa shape index (κ2) is 7.00. The molecule has 0 spiro atoms. The van der Waals surface area contributed by atoms with E-state index in [1.54, 1.807) is 27.8 Å². The van der Waals surface area contributed by atoms with Crippen molar-refractivity contribution in [3.8, 4) is 5.69 Å². The van der Waals surface area contributed by atoms with Gasteiger partial charge < -0.3 is 10.0 Å². The number of nitrogens with zero attached hydrogens (tertiary/aromatic N) is 3. The van der Waals surface area contributed by atoms with Gasteiger partial charge in [0.2, 0.25) is 0 Å². The van der Waals surface area contributed by atoms with Crippen LogP contribution in [0.25, 0.3) is 5.69 Å². The Labute approximate surface area is 162 Å². The number of amides is 1. The van der Waals surface area contributed by atoms with Gasteiger partial charge in [-0.2, -0.15) is 5.10 Å². The van der Waals surface area contributed by atoms with Crippen LogP contribution in [0.1, 0.15) is 48.3 Å². The van der Waals surface area contributed by atoms with Gasteiger partial charge in [0, 0.05) is 16.8 Å². The van der Waals surface area contributed by atoms with Crippen LogP contribution < -0.4 is 0 Å². The Bertz CT molecular complexity index is 894. The summed E-state index contributed by atoms with van der Waals surface area (Å²) in [6, 6.07) is 8.22. The van der Waals surface area contributed by atoms with E-state index >= 15 is 0 Å². The van der Waals surface area contributed by atoms with E-state index in [0.29, 0.717) is 11.4 Å². The van der Waals surface area contributed by atoms with Crippen LogP contribution in [0.2, 0.25) is 5.02 Å². The van der Waals surface area contributed by atoms with Crippen LogP contribution >= 0.6 is 11.6 Å². The van der Waals surface area contributed by atoms with E-state index in [9.17, 15) is 14.7 Å². The maximum atomic E-state index is 13.2. The first-order valence-electron chi connectivity index (χ1n) is 9.34. The zero-order chi connectivity index (χ0) is 19.1. The van der Waals surface area contributed by atoms with Gasteiger partial charge in [0.15, 0.2) is 5.69 Å². The summed E-state index contributed by atoms with van der Waals surface area (Å²) < 4.78 is 1.67. The summed E-state index contributed by atoms with van der Waals surface area (Å²) in [6.45, 7) is 1.87. The molecule has 4 rings (SSSR count). The molecule has 0 radical (unpaired) electrons. The normalized spacial score (nSPS) is 24.7. The number of fused-ring (bicyclic) bond motifs is 1. The van der Waals surface area contributed by atoms with Crippen LogP contribution in [0.15, 0.2) is 30.3 Å². The zero-order valence-corrected chi connectivity index (χ0v) is 15.9. The lowest BCUT2D eigenvalue weighted by molar-refractivity contribution is -0.141. The molecule has 2 heterocycles. The van der Waals surface area contributed by atoms with Crippen molar-refractivity contribution in [2.75, 3.05) is 0 Å². The van der Waals surface area contributed by atoms with Crippen LogP contribution in [-0.2, 0) is 4.79 Å². The molecule has 7 heteroatoms. The molecule has 1 amide bonds. The standard InChI is InChI=1S/C20H22ClN3O3/c1-12-9-16(22-24(12)15-7-4-6-14(21)11-15)19(25)23-17-8-3-2-5-13(17)10-18(23)20(26)27/h4,6-7,9,11,13,17-18H,2-3,5,8,10H2,1H3,(H,26,27). The van der Waals surface area contributed by atoms with Crippen LogP contribution in [-0.4, -0.2) is 43.7 Å². The van der Waals surface area contributed by atoms with E-state index < -0.39 is 12.0 Å². The third-order valence-electron chi connectivity index (χ3n) is 5.77. The predicted molar refractivity (Wildman–Crippen MR) is 101 cm³/mol. The fourth-order valence-electron chi connectivity index (χ4n) is 4.55. The number of aromatic nitrogens is 2. The monoisotopic (exact) mass is 387 g/mol. The molecule has 1 N–H and O–H groups in total. The van der Waals surface area contributed by atoms with Gasteiger partial charge >= 0.3 is 5.97 Å². The van der Waals surface area contributed by atoms with Gasteiger partial charge in [-0.3, -0.25) is 4.79 Å². The quantitative estimate of drug-likeness (QED) is 0.871. The minimum absolute atomic E-state index is 0.00368. The number of carbonyl (C=O) groups excluding carboxylic acids is 1. The first kappa shape index (κ1) is 18.0. The maximum absolute atomic E-state index is 13.2. The van der Waals surface area contributed by atoms with Gasteiger partial charge in [-0.05, 0) is 56.4 Å². The minimum atomic E-state index is -0.927. The second-order valence-corrected chi connectivity index (χ2v) is 7.91. The Morgan fingerprint density at radius 3 is 2.74 bits per heavy atom. The fraction of sp³-hybridized carbons (Fsp3) is 0.450. The number of aryl methyl sites for hydroxylation is 1. The van der Waals surface area contributed by atoms with Gasteiger partial charge in [0.1, 0.15) is 6.04 Å². The summed E-state index contributed by atoms with van der Waals surface area (Å²) in [7, 11) is 0. The molecule has 2 aliphatic rings. The largest absolute Gasteiger partial charge is 0.480 e. The third kappa shape index (κ3) is 3.23. The van der Waals surface area contributed by atoms with E-state index in [2.05, 4.69) is 5.10 Å². The van der Waals surface area contributed by atoms with Crippen molar-refractivity contribution in [1.29, 1.82) is 0 Å². The van der Waals surface area contributed by atoms with Gasteiger partial charge in [-0.1, -0.05) is 30.5 Å². The van der Waals surface area contributed by atoms with Crippen LogP contribution in [0.3, 0.4) is 0 Å².